The third-order valence-corrected chi connectivity index (χ3v) is 9.66. The molecule has 0 unspecified atom stereocenters. The first-order valence-corrected chi connectivity index (χ1v) is 13.6. The molecule has 2 aliphatic heterocycles. The van der Waals surface area contributed by atoms with E-state index in [1.807, 2.05) is 23.1 Å². The van der Waals surface area contributed by atoms with Crippen molar-refractivity contribution in [3.05, 3.63) is 59.4 Å². The fourth-order valence-electron chi connectivity index (χ4n) is 4.82. The van der Waals surface area contributed by atoms with Crippen molar-refractivity contribution in [2.45, 2.75) is 36.5 Å². The quantitative estimate of drug-likeness (QED) is 0.552. The number of thiazole rings is 1. The smallest absolute Gasteiger partial charge is 0.243 e. The molecule has 2 fully saturated rings. The fraction of sp³-hybridized carbons (Fsp3) is 0.417. The first-order valence-electron chi connectivity index (χ1n) is 11.3. The van der Waals surface area contributed by atoms with Crippen LogP contribution in [-0.2, 0) is 14.8 Å². The van der Waals surface area contributed by atoms with Crippen molar-refractivity contribution in [2.24, 2.45) is 5.92 Å². The van der Waals surface area contributed by atoms with Crippen LogP contribution in [0.5, 0.6) is 0 Å². The molecule has 2 saturated heterocycles. The molecule has 174 valence electrons. The van der Waals surface area contributed by atoms with E-state index >= 15 is 0 Å². The molecule has 2 atom stereocenters. The van der Waals surface area contributed by atoms with Crippen LogP contribution in [-0.4, -0.2) is 54.7 Å². The Kier molecular flexibility index (Phi) is 6.20. The number of aromatic nitrogens is 1. The standard InChI is InChI=1S/C24H26FN3O3S2/c25-19-9-11-20(12-10-19)33(30,31)28-14-4-6-18(16-28)24(29)27-13-3-5-17(15-27)23-26-21-7-1-2-8-22(21)32-23/h1-2,7-12,17-18H,3-6,13-16H2/t17-,18+/m1/s1. The predicted octanol–water partition coefficient (Wildman–Crippen LogP) is 4.24. The summed E-state index contributed by atoms with van der Waals surface area (Å²) in [5, 5.41) is 1.07. The number of hydrogen-bond acceptors (Lipinski definition) is 5. The SMILES string of the molecule is O=C([C@H]1CCCN(S(=O)(=O)c2ccc(F)cc2)C1)N1CCC[C@@H](c2nc3ccccc3s2)C1. The number of sulfonamides is 1. The highest BCUT2D eigenvalue weighted by atomic mass is 32.2. The van der Waals surface area contributed by atoms with E-state index in [-0.39, 0.29) is 29.2 Å². The predicted molar refractivity (Wildman–Crippen MR) is 126 cm³/mol. The van der Waals surface area contributed by atoms with Crippen molar-refractivity contribution < 1.29 is 17.6 Å². The zero-order valence-corrected chi connectivity index (χ0v) is 19.8. The van der Waals surface area contributed by atoms with Crippen LogP contribution in [0, 0.1) is 11.7 Å². The van der Waals surface area contributed by atoms with Crippen LogP contribution >= 0.6 is 11.3 Å². The number of nitrogens with zero attached hydrogens (tertiary/aromatic N) is 3. The second-order valence-electron chi connectivity index (χ2n) is 8.80. The molecule has 0 aliphatic carbocycles. The molecule has 9 heteroatoms. The molecule has 6 nitrogen and oxygen atoms in total. The number of carbonyl (C=O) groups excluding carboxylic acids is 1. The molecule has 0 bridgehead atoms. The molecule has 0 N–H and O–H groups in total. The number of carbonyl (C=O) groups is 1. The largest absolute Gasteiger partial charge is 0.342 e. The second-order valence-corrected chi connectivity index (χ2v) is 11.8. The number of para-hydroxylation sites is 1. The Bertz CT molecular complexity index is 1230. The van der Waals surface area contributed by atoms with E-state index < -0.39 is 15.8 Å². The zero-order valence-electron chi connectivity index (χ0n) is 18.2. The van der Waals surface area contributed by atoms with Gasteiger partial charge in [-0.3, -0.25) is 4.79 Å². The normalized spacial score (nSPS) is 22.5. The Labute approximate surface area is 197 Å². The van der Waals surface area contributed by atoms with Gasteiger partial charge in [0.05, 0.1) is 26.0 Å². The van der Waals surface area contributed by atoms with Gasteiger partial charge in [0, 0.05) is 32.1 Å². The lowest BCUT2D eigenvalue weighted by Crippen LogP contribution is -2.48. The summed E-state index contributed by atoms with van der Waals surface area (Å²) in [5.74, 6) is -0.598. The zero-order chi connectivity index (χ0) is 23.0. The molecule has 0 saturated carbocycles. The number of rotatable bonds is 4. The number of fused-ring (bicyclic) bond motifs is 1. The number of hydrogen-bond donors (Lipinski definition) is 0. The maximum atomic E-state index is 13.4. The Morgan fingerprint density at radius 1 is 1.00 bits per heavy atom. The second kappa shape index (κ2) is 9.12. The number of amides is 1. The van der Waals surface area contributed by atoms with Gasteiger partial charge in [0.2, 0.25) is 15.9 Å². The van der Waals surface area contributed by atoms with Gasteiger partial charge in [-0.2, -0.15) is 4.31 Å². The van der Waals surface area contributed by atoms with Crippen molar-refractivity contribution in [3.8, 4) is 0 Å². The van der Waals surface area contributed by atoms with Gasteiger partial charge in [0.1, 0.15) is 5.82 Å². The van der Waals surface area contributed by atoms with E-state index in [1.54, 1.807) is 11.3 Å². The molecule has 0 radical (unpaired) electrons. The van der Waals surface area contributed by atoms with Gasteiger partial charge in [-0.05, 0) is 62.1 Å². The van der Waals surface area contributed by atoms with Crippen LogP contribution in [0.3, 0.4) is 0 Å². The third-order valence-electron chi connectivity index (χ3n) is 6.58. The highest BCUT2D eigenvalue weighted by Gasteiger charge is 2.36. The van der Waals surface area contributed by atoms with Crippen molar-refractivity contribution in [1.29, 1.82) is 0 Å². The third kappa shape index (κ3) is 4.54. The minimum atomic E-state index is -3.76. The summed E-state index contributed by atoms with van der Waals surface area (Å²) in [6.07, 6.45) is 3.22. The van der Waals surface area contributed by atoms with E-state index in [0.29, 0.717) is 32.5 Å². The lowest BCUT2D eigenvalue weighted by molar-refractivity contribution is -0.137. The first-order chi connectivity index (χ1) is 15.9. The van der Waals surface area contributed by atoms with Crippen LogP contribution < -0.4 is 0 Å². The molecule has 2 aliphatic rings. The average molecular weight is 488 g/mol. The lowest BCUT2D eigenvalue weighted by atomic mass is 9.94. The van der Waals surface area contributed by atoms with Gasteiger partial charge in [-0.1, -0.05) is 12.1 Å². The van der Waals surface area contributed by atoms with Crippen LogP contribution in [0.25, 0.3) is 10.2 Å². The Hall–Kier alpha value is -2.36. The lowest BCUT2D eigenvalue weighted by Gasteiger charge is -2.37. The summed E-state index contributed by atoms with van der Waals surface area (Å²) < 4.78 is 41.9. The minimum Gasteiger partial charge on any atom is -0.342 e. The molecule has 5 rings (SSSR count). The summed E-state index contributed by atoms with van der Waals surface area (Å²) in [6, 6.07) is 12.9. The molecule has 1 amide bonds. The van der Waals surface area contributed by atoms with Gasteiger partial charge in [0.25, 0.3) is 0 Å². The van der Waals surface area contributed by atoms with E-state index in [4.69, 9.17) is 4.98 Å². The minimum absolute atomic E-state index is 0.0276. The first kappa shape index (κ1) is 22.4. The van der Waals surface area contributed by atoms with Gasteiger partial charge in [0.15, 0.2) is 0 Å². The van der Waals surface area contributed by atoms with Crippen LogP contribution in [0.4, 0.5) is 4.39 Å². The molecule has 0 spiro atoms. The van der Waals surface area contributed by atoms with E-state index in [9.17, 15) is 17.6 Å². The topological polar surface area (TPSA) is 70.6 Å². The van der Waals surface area contributed by atoms with Crippen molar-refractivity contribution >= 4 is 37.5 Å². The van der Waals surface area contributed by atoms with Crippen LogP contribution in [0.1, 0.15) is 36.6 Å². The van der Waals surface area contributed by atoms with E-state index in [0.717, 1.165) is 40.2 Å². The van der Waals surface area contributed by atoms with Crippen molar-refractivity contribution in [1.82, 2.24) is 14.2 Å². The number of likely N-dealkylation sites (tertiary alicyclic amines) is 1. The van der Waals surface area contributed by atoms with Crippen molar-refractivity contribution in [3.63, 3.8) is 0 Å². The Morgan fingerprint density at radius 2 is 1.76 bits per heavy atom. The maximum Gasteiger partial charge on any atom is 0.243 e. The highest BCUT2D eigenvalue weighted by Crippen LogP contribution is 2.34. The number of benzene rings is 2. The molecule has 2 aromatic carbocycles. The molecule has 33 heavy (non-hydrogen) atoms. The van der Waals surface area contributed by atoms with Gasteiger partial charge in [-0.25, -0.2) is 17.8 Å². The molecule has 1 aromatic heterocycles. The summed E-state index contributed by atoms with van der Waals surface area (Å²) in [5.41, 5.74) is 0.995. The highest BCUT2D eigenvalue weighted by molar-refractivity contribution is 7.89. The molecule has 3 aromatic rings. The number of piperidine rings is 2. The van der Waals surface area contributed by atoms with E-state index in [2.05, 4.69) is 6.07 Å². The summed E-state index contributed by atoms with van der Waals surface area (Å²) in [4.78, 5) is 20.1. The Morgan fingerprint density at radius 3 is 2.55 bits per heavy atom. The van der Waals surface area contributed by atoms with E-state index in [1.165, 1.54) is 16.4 Å². The van der Waals surface area contributed by atoms with Crippen LogP contribution in [0.15, 0.2) is 53.4 Å². The van der Waals surface area contributed by atoms with Crippen LogP contribution in [0.2, 0.25) is 0 Å². The van der Waals surface area contributed by atoms with Gasteiger partial charge in [-0.15, -0.1) is 11.3 Å². The van der Waals surface area contributed by atoms with Gasteiger partial charge < -0.3 is 4.90 Å². The molecular formula is C24H26FN3O3S2. The Balaban J connectivity index is 1.29. The average Bonchev–Trinajstić information content (AvgIpc) is 3.28. The summed E-state index contributed by atoms with van der Waals surface area (Å²) in [6.45, 7) is 1.86. The summed E-state index contributed by atoms with van der Waals surface area (Å²) in [7, 11) is -3.76. The fourth-order valence-corrected chi connectivity index (χ4v) is 7.44. The van der Waals surface area contributed by atoms with Gasteiger partial charge >= 0.3 is 0 Å². The molecule has 3 heterocycles. The van der Waals surface area contributed by atoms with Crippen molar-refractivity contribution in [2.75, 3.05) is 26.2 Å². The molecular weight excluding hydrogens is 461 g/mol. The maximum absolute atomic E-state index is 13.4. The number of halogens is 1. The summed E-state index contributed by atoms with van der Waals surface area (Å²) >= 11 is 1.69. The monoisotopic (exact) mass is 487 g/mol.